The van der Waals surface area contributed by atoms with Gasteiger partial charge in [-0.25, -0.2) is 4.68 Å². The molecule has 184 valence electrons. The van der Waals surface area contributed by atoms with Crippen LogP contribution >= 0.6 is 0 Å². The third-order valence-electron chi connectivity index (χ3n) is 6.98. The minimum atomic E-state index is -0.527. The van der Waals surface area contributed by atoms with Gasteiger partial charge in [-0.3, -0.25) is 9.59 Å². The molecule has 1 fully saturated rings. The van der Waals surface area contributed by atoms with Crippen LogP contribution in [0.4, 0.5) is 5.82 Å². The molecule has 2 amide bonds. The first kappa shape index (κ1) is 23.4. The predicted molar refractivity (Wildman–Crippen MR) is 134 cm³/mol. The summed E-state index contributed by atoms with van der Waals surface area (Å²) in [5.41, 5.74) is 7.54. The van der Waals surface area contributed by atoms with Gasteiger partial charge in [-0.2, -0.15) is 10.4 Å². The van der Waals surface area contributed by atoms with Crippen LogP contribution in [0.25, 0.3) is 11.3 Å². The van der Waals surface area contributed by atoms with Gasteiger partial charge in [-0.1, -0.05) is 18.2 Å². The number of amides is 2. The van der Waals surface area contributed by atoms with Gasteiger partial charge in [0.05, 0.1) is 12.1 Å². The highest BCUT2D eigenvalue weighted by Crippen LogP contribution is 2.40. The predicted octanol–water partition coefficient (Wildman–Crippen LogP) is 3.95. The van der Waals surface area contributed by atoms with Crippen molar-refractivity contribution in [2.45, 2.75) is 31.7 Å². The number of carbonyl (C=O) groups is 2. The van der Waals surface area contributed by atoms with E-state index in [4.69, 9.17) is 20.8 Å². The molecular formula is C27H28N6O3. The maximum Gasteiger partial charge on any atom is 0.254 e. The van der Waals surface area contributed by atoms with Gasteiger partial charge in [0, 0.05) is 25.2 Å². The van der Waals surface area contributed by atoms with Crippen molar-refractivity contribution >= 4 is 17.6 Å². The van der Waals surface area contributed by atoms with Gasteiger partial charge in [-0.15, -0.1) is 0 Å². The zero-order valence-corrected chi connectivity index (χ0v) is 19.9. The van der Waals surface area contributed by atoms with Crippen molar-refractivity contribution in [1.29, 1.82) is 5.26 Å². The fourth-order valence-corrected chi connectivity index (χ4v) is 5.19. The third-order valence-corrected chi connectivity index (χ3v) is 6.98. The number of piperidine rings is 1. The second-order valence-corrected chi connectivity index (χ2v) is 9.16. The SMILES string of the molecule is N#CCC(=O)N1CCC(C2CCNc3c(C(N)=O)c(-c4ccc(Oc5ccccc5)cc4)nn32)CC1. The molecule has 9 heteroatoms. The highest BCUT2D eigenvalue weighted by atomic mass is 16.5. The van der Waals surface area contributed by atoms with E-state index in [-0.39, 0.29) is 18.4 Å². The monoisotopic (exact) mass is 484 g/mol. The Bertz CT molecular complexity index is 1290. The van der Waals surface area contributed by atoms with Crippen molar-refractivity contribution in [3.05, 3.63) is 60.2 Å². The van der Waals surface area contributed by atoms with Crippen molar-refractivity contribution in [3.8, 4) is 28.8 Å². The minimum Gasteiger partial charge on any atom is -0.457 e. The van der Waals surface area contributed by atoms with Crippen LogP contribution in [0.5, 0.6) is 11.5 Å². The lowest BCUT2D eigenvalue weighted by Gasteiger charge is -2.38. The van der Waals surface area contributed by atoms with E-state index in [9.17, 15) is 9.59 Å². The number of nitriles is 1. The van der Waals surface area contributed by atoms with E-state index in [0.29, 0.717) is 48.4 Å². The van der Waals surface area contributed by atoms with Gasteiger partial charge < -0.3 is 20.7 Å². The molecule has 1 saturated heterocycles. The molecule has 3 N–H and O–H groups in total. The van der Waals surface area contributed by atoms with Crippen LogP contribution in [-0.4, -0.2) is 46.1 Å². The summed E-state index contributed by atoms with van der Waals surface area (Å²) in [6, 6.07) is 19.0. The molecule has 2 aliphatic rings. The maximum atomic E-state index is 12.5. The van der Waals surface area contributed by atoms with Crippen LogP contribution in [0, 0.1) is 17.2 Å². The van der Waals surface area contributed by atoms with Gasteiger partial charge in [0.2, 0.25) is 5.91 Å². The Morgan fingerprint density at radius 2 is 1.75 bits per heavy atom. The van der Waals surface area contributed by atoms with Crippen LogP contribution in [0.2, 0.25) is 0 Å². The molecule has 0 radical (unpaired) electrons. The highest BCUT2D eigenvalue weighted by molar-refractivity contribution is 6.03. The van der Waals surface area contributed by atoms with Crippen molar-refractivity contribution in [2.24, 2.45) is 11.7 Å². The van der Waals surface area contributed by atoms with E-state index in [1.54, 1.807) is 4.90 Å². The number of hydrogen-bond donors (Lipinski definition) is 2. The van der Waals surface area contributed by atoms with Crippen molar-refractivity contribution < 1.29 is 14.3 Å². The molecule has 0 spiro atoms. The van der Waals surface area contributed by atoms with Gasteiger partial charge in [-0.05, 0) is 61.6 Å². The molecule has 2 aliphatic heterocycles. The summed E-state index contributed by atoms with van der Waals surface area (Å²) in [6.07, 6.45) is 2.44. The third kappa shape index (κ3) is 4.62. The molecule has 0 aliphatic carbocycles. The molecule has 2 aromatic carbocycles. The van der Waals surface area contributed by atoms with E-state index in [2.05, 4.69) is 5.32 Å². The van der Waals surface area contributed by atoms with E-state index >= 15 is 0 Å². The summed E-state index contributed by atoms with van der Waals surface area (Å²) in [5, 5.41) is 17.0. The summed E-state index contributed by atoms with van der Waals surface area (Å²) in [7, 11) is 0. The highest BCUT2D eigenvalue weighted by Gasteiger charge is 2.35. The lowest BCUT2D eigenvalue weighted by Crippen LogP contribution is -2.41. The molecule has 36 heavy (non-hydrogen) atoms. The Balaban J connectivity index is 1.39. The zero-order chi connectivity index (χ0) is 25.1. The second kappa shape index (κ2) is 10.1. The smallest absolute Gasteiger partial charge is 0.254 e. The number of para-hydroxylation sites is 1. The first-order valence-corrected chi connectivity index (χ1v) is 12.2. The van der Waals surface area contributed by atoms with Crippen molar-refractivity contribution in [3.63, 3.8) is 0 Å². The fourth-order valence-electron chi connectivity index (χ4n) is 5.19. The number of hydrogen-bond acceptors (Lipinski definition) is 6. The first-order valence-electron chi connectivity index (χ1n) is 12.2. The number of nitrogens with one attached hydrogen (secondary N) is 1. The number of likely N-dealkylation sites (tertiary alicyclic amines) is 1. The summed E-state index contributed by atoms with van der Waals surface area (Å²) < 4.78 is 7.81. The van der Waals surface area contributed by atoms with Gasteiger partial charge in [0.15, 0.2) is 0 Å². The number of benzene rings is 2. The van der Waals surface area contributed by atoms with Crippen molar-refractivity contribution in [2.75, 3.05) is 25.0 Å². The molecule has 3 aromatic rings. The quantitative estimate of drug-likeness (QED) is 0.546. The minimum absolute atomic E-state index is 0.0815. The number of carbonyl (C=O) groups excluding carboxylic acids is 2. The van der Waals surface area contributed by atoms with Crippen molar-refractivity contribution in [1.82, 2.24) is 14.7 Å². The number of aromatic nitrogens is 2. The molecule has 9 nitrogen and oxygen atoms in total. The Morgan fingerprint density at radius 3 is 2.42 bits per heavy atom. The van der Waals surface area contributed by atoms with E-state index in [1.165, 1.54) is 0 Å². The largest absolute Gasteiger partial charge is 0.457 e. The first-order chi connectivity index (χ1) is 17.5. The summed E-state index contributed by atoms with van der Waals surface area (Å²) in [6.45, 7) is 1.97. The number of ether oxygens (including phenoxy) is 1. The zero-order valence-electron chi connectivity index (χ0n) is 19.9. The summed E-state index contributed by atoms with van der Waals surface area (Å²) in [5.74, 6) is 1.75. The molecule has 5 rings (SSSR count). The summed E-state index contributed by atoms with van der Waals surface area (Å²) in [4.78, 5) is 26.4. The average molecular weight is 485 g/mol. The van der Waals surface area contributed by atoms with Crippen LogP contribution in [-0.2, 0) is 4.79 Å². The van der Waals surface area contributed by atoms with E-state index < -0.39 is 5.91 Å². The number of anilines is 1. The second-order valence-electron chi connectivity index (χ2n) is 9.16. The average Bonchev–Trinajstić information content (AvgIpc) is 3.30. The van der Waals surface area contributed by atoms with Gasteiger partial charge >= 0.3 is 0 Å². The number of nitrogens with two attached hydrogens (primary N) is 1. The maximum absolute atomic E-state index is 12.5. The molecular weight excluding hydrogens is 456 g/mol. The standard InChI is InChI=1S/C27H28N6O3/c28-14-10-23(34)32-16-12-18(13-17-32)22-11-15-30-27-24(26(29)35)25(31-33(22)27)19-6-8-21(9-7-19)36-20-4-2-1-3-5-20/h1-9,18,22,30H,10-13,15-17H2,(H2,29,35). The Morgan fingerprint density at radius 1 is 1.06 bits per heavy atom. The normalized spacial score (nSPS) is 17.5. The Kier molecular flexibility index (Phi) is 6.58. The van der Waals surface area contributed by atoms with Crippen LogP contribution in [0.1, 0.15) is 42.1 Å². The van der Waals surface area contributed by atoms with E-state index in [0.717, 1.165) is 30.6 Å². The molecule has 3 heterocycles. The molecule has 1 aromatic heterocycles. The Labute approximate surface area is 209 Å². The molecule has 1 atom stereocenters. The van der Waals surface area contributed by atoms with Crippen LogP contribution in [0.15, 0.2) is 54.6 Å². The van der Waals surface area contributed by atoms with E-state index in [1.807, 2.05) is 65.3 Å². The topological polar surface area (TPSA) is 126 Å². The molecule has 0 saturated carbocycles. The molecule has 0 bridgehead atoms. The molecule has 1 unspecified atom stereocenters. The van der Waals surface area contributed by atoms with Crippen LogP contribution in [0.3, 0.4) is 0 Å². The number of nitrogens with zero attached hydrogens (tertiary/aromatic N) is 4. The van der Waals surface area contributed by atoms with Gasteiger partial charge in [0.1, 0.15) is 35.0 Å². The Hall–Kier alpha value is -4.32. The lowest BCUT2D eigenvalue weighted by atomic mass is 9.86. The number of fused-ring (bicyclic) bond motifs is 1. The number of primary amides is 1. The van der Waals surface area contributed by atoms with Gasteiger partial charge in [0.25, 0.3) is 5.91 Å². The summed E-state index contributed by atoms with van der Waals surface area (Å²) >= 11 is 0. The fraction of sp³-hybridized carbons (Fsp3) is 0.333. The lowest BCUT2D eigenvalue weighted by molar-refractivity contribution is -0.131. The number of rotatable bonds is 6. The van der Waals surface area contributed by atoms with Crippen LogP contribution < -0.4 is 15.8 Å².